The Morgan fingerprint density at radius 1 is 1.14 bits per heavy atom. The monoisotopic (exact) mass is 389 g/mol. The molecule has 0 unspecified atom stereocenters. The number of rotatable bonds is 8. The molecular weight excluding hydrogens is 358 g/mol. The summed E-state index contributed by atoms with van der Waals surface area (Å²) in [6, 6.07) is 5.50. The van der Waals surface area contributed by atoms with Crippen molar-refractivity contribution >= 4 is 18.0 Å². The maximum Gasteiger partial charge on any atom is 0.331 e. The van der Waals surface area contributed by atoms with Crippen LogP contribution in [-0.4, -0.2) is 38.2 Å². The Morgan fingerprint density at radius 3 is 2.46 bits per heavy atom. The van der Waals surface area contributed by atoms with Crippen LogP contribution in [0.15, 0.2) is 24.3 Å². The quantitative estimate of drug-likeness (QED) is 0.542. The second kappa shape index (κ2) is 10.2. The number of nitrogens with one attached hydrogen (secondary N) is 1. The summed E-state index contributed by atoms with van der Waals surface area (Å²) in [5, 5.41) is 2.87. The van der Waals surface area contributed by atoms with E-state index in [2.05, 4.69) is 19.2 Å². The zero-order chi connectivity index (χ0) is 20.6. The third-order valence-electron chi connectivity index (χ3n) is 4.83. The lowest BCUT2D eigenvalue weighted by Gasteiger charge is -2.34. The number of benzene rings is 1. The molecule has 1 aliphatic carbocycles. The summed E-state index contributed by atoms with van der Waals surface area (Å²) in [5.74, 6) is 1.01. The summed E-state index contributed by atoms with van der Waals surface area (Å²) in [6.07, 6.45) is 7.20. The van der Waals surface area contributed by atoms with Gasteiger partial charge < -0.3 is 19.5 Å². The molecule has 0 aliphatic heterocycles. The summed E-state index contributed by atoms with van der Waals surface area (Å²) < 4.78 is 16.1. The lowest BCUT2D eigenvalue weighted by molar-refractivity contribution is -0.152. The van der Waals surface area contributed by atoms with Crippen LogP contribution >= 0.6 is 0 Å². The van der Waals surface area contributed by atoms with E-state index in [-0.39, 0.29) is 11.9 Å². The second-order valence-corrected chi connectivity index (χ2v) is 7.57. The Hall–Kier alpha value is -2.50. The predicted molar refractivity (Wildman–Crippen MR) is 108 cm³/mol. The van der Waals surface area contributed by atoms with Crippen molar-refractivity contribution in [2.45, 2.75) is 51.5 Å². The molecule has 28 heavy (non-hydrogen) atoms. The largest absolute Gasteiger partial charge is 0.493 e. The number of ether oxygens (including phenoxy) is 3. The first-order valence-electron chi connectivity index (χ1n) is 9.79. The van der Waals surface area contributed by atoms with Crippen LogP contribution in [0.5, 0.6) is 11.5 Å². The normalized spacial score (nSPS) is 16.0. The number of amides is 1. The van der Waals surface area contributed by atoms with Gasteiger partial charge >= 0.3 is 5.97 Å². The van der Waals surface area contributed by atoms with Gasteiger partial charge in [-0.3, -0.25) is 4.79 Å². The van der Waals surface area contributed by atoms with Crippen molar-refractivity contribution in [2.24, 2.45) is 5.92 Å². The molecule has 1 aromatic rings. The number of hydrogen-bond donors (Lipinski definition) is 1. The molecule has 2 rings (SSSR count). The van der Waals surface area contributed by atoms with Crippen molar-refractivity contribution in [1.82, 2.24) is 5.32 Å². The van der Waals surface area contributed by atoms with E-state index in [0.29, 0.717) is 36.9 Å². The first-order valence-corrected chi connectivity index (χ1v) is 9.79. The third kappa shape index (κ3) is 5.75. The van der Waals surface area contributed by atoms with Gasteiger partial charge in [0.05, 0.1) is 20.8 Å². The van der Waals surface area contributed by atoms with Crippen molar-refractivity contribution in [1.29, 1.82) is 0 Å². The van der Waals surface area contributed by atoms with Crippen molar-refractivity contribution in [3.63, 3.8) is 0 Å². The highest BCUT2D eigenvalue weighted by molar-refractivity contribution is 5.96. The minimum atomic E-state index is -0.916. The van der Waals surface area contributed by atoms with Crippen molar-refractivity contribution < 1.29 is 23.8 Å². The van der Waals surface area contributed by atoms with Gasteiger partial charge in [-0.25, -0.2) is 4.79 Å². The van der Waals surface area contributed by atoms with E-state index >= 15 is 0 Å². The third-order valence-corrected chi connectivity index (χ3v) is 4.83. The zero-order valence-corrected chi connectivity index (χ0v) is 17.2. The standard InChI is InChI=1S/C22H31NO5/c1-16(2)15-28-18-10-8-17(14-19(18)26-3)9-11-20(24)23-22(21(25)27-4)12-6-5-7-13-22/h8-11,14,16H,5-7,12-13,15H2,1-4H3,(H,23,24)/b11-9+. The highest BCUT2D eigenvalue weighted by atomic mass is 16.5. The number of methoxy groups -OCH3 is 2. The van der Waals surface area contributed by atoms with Gasteiger partial charge in [0.25, 0.3) is 0 Å². The van der Waals surface area contributed by atoms with Gasteiger partial charge in [-0.1, -0.05) is 39.2 Å². The van der Waals surface area contributed by atoms with Crippen LogP contribution in [-0.2, 0) is 14.3 Å². The Bertz CT molecular complexity index is 705. The summed E-state index contributed by atoms with van der Waals surface area (Å²) in [6.45, 7) is 4.76. The fourth-order valence-corrected chi connectivity index (χ4v) is 3.34. The molecule has 0 spiro atoms. The van der Waals surface area contributed by atoms with Crippen LogP contribution in [0.2, 0.25) is 0 Å². The molecule has 6 nitrogen and oxygen atoms in total. The van der Waals surface area contributed by atoms with Crippen LogP contribution in [0.3, 0.4) is 0 Å². The fraction of sp³-hybridized carbons (Fsp3) is 0.545. The second-order valence-electron chi connectivity index (χ2n) is 7.57. The molecule has 0 saturated heterocycles. The lowest BCUT2D eigenvalue weighted by atomic mass is 9.81. The van der Waals surface area contributed by atoms with Crippen LogP contribution in [0.1, 0.15) is 51.5 Å². The van der Waals surface area contributed by atoms with Crippen molar-refractivity contribution in [2.75, 3.05) is 20.8 Å². The number of hydrogen-bond acceptors (Lipinski definition) is 5. The molecule has 1 fully saturated rings. The summed E-state index contributed by atoms with van der Waals surface area (Å²) in [7, 11) is 2.94. The first kappa shape index (κ1) is 21.8. The van der Waals surface area contributed by atoms with Crippen LogP contribution in [0, 0.1) is 5.92 Å². The van der Waals surface area contributed by atoms with E-state index in [0.717, 1.165) is 24.8 Å². The summed E-state index contributed by atoms with van der Waals surface area (Å²) >= 11 is 0. The van der Waals surface area contributed by atoms with Gasteiger partial charge in [-0.2, -0.15) is 0 Å². The molecule has 1 saturated carbocycles. The van der Waals surface area contributed by atoms with Gasteiger partial charge in [-0.05, 0) is 42.5 Å². The highest BCUT2D eigenvalue weighted by Crippen LogP contribution is 2.30. The van der Waals surface area contributed by atoms with Crippen molar-refractivity contribution in [3.05, 3.63) is 29.8 Å². The molecule has 0 radical (unpaired) electrons. The Balaban J connectivity index is 2.07. The first-order chi connectivity index (χ1) is 13.4. The van der Waals surface area contributed by atoms with E-state index in [4.69, 9.17) is 14.2 Å². The fourth-order valence-electron chi connectivity index (χ4n) is 3.34. The number of carbonyl (C=O) groups is 2. The van der Waals surface area contributed by atoms with Gasteiger partial charge in [-0.15, -0.1) is 0 Å². The van der Waals surface area contributed by atoms with Crippen LogP contribution in [0.4, 0.5) is 0 Å². The molecule has 0 bridgehead atoms. The van der Waals surface area contributed by atoms with Gasteiger partial charge in [0.15, 0.2) is 11.5 Å². The Morgan fingerprint density at radius 2 is 1.86 bits per heavy atom. The van der Waals surface area contributed by atoms with Crippen LogP contribution < -0.4 is 14.8 Å². The SMILES string of the molecule is COC(=O)C1(NC(=O)/C=C/c2ccc(OCC(C)C)c(OC)c2)CCCCC1. The average Bonchev–Trinajstić information content (AvgIpc) is 2.70. The minimum Gasteiger partial charge on any atom is -0.493 e. The average molecular weight is 389 g/mol. The molecule has 0 aromatic heterocycles. The lowest BCUT2D eigenvalue weighted by Crippen LogP contribution is -2.55. The maximum absolute atomic E-state index is 12.4. The van der Waals surface area contributed by atoms with Crippen molar-refractivity contribution in [3.8, 4) is 11.5 Å². The molecule has 1 N–H and O–H groups in total. The molecule has 0 heterocycles. The van der Waals surface area contributed by atoms with E-state index in [1.54, 1.807) is 13.2 Å². The van der Waals surface area contributed by atoms with Crippen LogP contribution in [0.25, 0.3) is 6.08 Å². The van der Waals surface area contributed by atoms with E-state index in [9.17, 15) is 9.59 Å². The Kier molecular flexibility index (Phi) is 7.91. The number of carbonyl (C=O) groups excluding carboxylic acids is 2. The maximum atomic E-state index is 12.4. The summed E-state index contributed by atoms with van der Waals surface area (Å²) in [5.41, 5.74) is -0.111. The smallest absolute Gasteiger partial charge is 0.331 e. The van der Waals surface area contributed by atoms with Gasteiger partial charge in [0, 0.05) is 6.08 Å². The highest BCUT2D eigenvalue weighted by Gasteiger charge is 2.41. The van der Waals surface area contributed by atoms with E-state index in [1.807, 2.05) is 18.2 Å². The molecule has 1 amide bonds. The molecule has 1 aromatic carbocycles. The summed E-state index contributed by atoms with van der Waals surface area (Å²) in [4.78, 5) is 24.7. The predicted octanol–water partition coefficient (Wildman–Crippen LogP) is 3.74. The molecule has 6 heteroatoms. The van der Waals surface area contributed by atoms with E-state index < -0.39 is 5.54 Å². The number of esters is 1. The molecule has 154 valence electrons. The minimum absolute atomic E-state index is 0.314. The van der Waals surface area contributed by atoms with E-state index in [1.165, 1.54) is 13.2 Å². The molecular formula is C22H31NO5. The topological polar surface area (TPSA) is 73.9 Å². The van der Waals surface area contributed by atoms with Gasteiger partial charge in [0.1, 0.15) is 5.54 Å². The molecule has 0 atom stereocenters. The van der Waals surface area contributed by atoms with Gasteiger partial charge in [0.2, 0.25) is 5.91 Å². The zero-order valence-electron chi connectivity index (χ0n) is 17.2. The molecule has 1 aliphatic rings. The Labute approximate surface area is 167 Å².